The van der Waals surface area contributed by atoms with E-state index in [1.54, 1.807) is 18.4 Å². The minimum Gasteiger partial charge on any atom is -0.467 e. The highest BCUT2D eigenvalue weighted by molar-refractivity contribution is 7.99. The molecule has 3 N–H and O–H groups in total. The lowest BCUT2D eigenvalue weighted by Gasteiger charge is -2.03. The summed E-state index contributed by atoms with van der Waals surface area (Å²) in [6.45, 7) is 0.363. The van der Waals surface area contributed by atoms with Gasteiger partial charge in [-0.3, -0.25) is 4.79 Å². The van der Waals surface area contributed by atoms with Crippen molar-refractivity contribution in [1.82, 2.24) is 20.2 Å². The number of thiophene rings is 1. The minimum absolute atomic E-state index is 0.123. The first-order valence-electron chi connectivity index (χ1n) is 6.40. The van der Waals surface area contributed by atoms with Crippen LogP contribution in [0.25, 0.3) is 10.7 Å². The number of rotatable bonds is 6. The zero-order valence-electron chi connectivity index (χ0n) is 11.4. The van der Waals surface area contributed by atoms with Crippen molar-refractivity contribution in [3.63, 3.8) is 0 Å². The van der Waals surface area contributed by atoms with Gasteiger partial charge in [-0.05, 0) is 23.6 Å². The average molecular weight is 335 g/mol. The normalized spacial score (nSPS) is 10.7. The fourth-order valence-corrected chi connectivity index (χ4v) is 3.12. The summed E-state index contributed by atoms with van der Waals surface area (Å²) < 4.78 is 6.54. The number of nitrogens with two attached hydrogens (primary N) is 1. The lowest BCUT2D eigenvalue weighted by atomic mass is 10.4. The van der Waals surface area contributed by atoms with Crippen molar-refractivity contribution in [3.05, 3.63) is 41.7 Å². The number of thioether (sulfide) groups is 1. The number of furan rings is 1. The molecule has 0 saturated heterocycles. The summed E-state index contributed by atoms with van der Waals surface area (Å²) in [5.74, 6) is 7.35. The number of nitrogen functional groups attached to an aromatic ring is 1. The number of carbonyl (C=O) groups is 1. The zero-order valence-corrected chi connectivity index (χ0v) is 13.1. The number of hydrogen-bond donors (Lipinski definition) is 2. The molecule has 0 aliphatic heterocycles. The van der Waals surface area contributed by atoms with Crippen molar-refractivity contribution in [3.8, 4) is 10.7 Å². The molecule has 0 aliphatic carbocycles. The second-order valence-electron chi connectivity index (χ2n) is 4.30. The highest BCUT2D eigenvalue weighted by Crippen LogP contribution is 2.24. The Balaban J connectivity index is 1.54. The monoisotopic (exact) mass is 335 g/mol. The van der Waals surface area contributed by atoms with E-state index in [2.05, 4.69) is 15.5 Å². The molecule has 0 radical (unpaired) electrons. The Labute approximate surface area is 134 Å². The quantitative estimate of drug-likeness (QED) is 0.526. The molecule has 0 bridgehead atoms. The van der Waals surface area contributed by atoms with E-state index >= 15 is 0 Å². The van der Waals surface area contributed by atoms with E-state index in [4.69, 9.17) is 10.3 Å². The Hall–Kier alpha value is -2.26. The molecule has 9 heteroatoms. The SMILES string of the molecule is Nn1c(SCC(=O)NCc2ccco2)nnc1-c1cccs1. The number of hydrogen-bond acceptors (Lipinski definition) is 7. The van der Waals surface area contributed by atoms with Crippen molar-refractivity contribution < 1.29 is 9.21 Å². The standard InChI is InChI=1S/C13H13N5O2S2/c14-18-12(10-4-2-6-21-10)16-17-13(18)22-8-11(19)15-7-9-3-1-5-20-9/h1-6H,7-8,14H2,(H,15,19). The molecule has 7 nitrogen and oxygen atoms in total. The van der Waals surface area contributed by atoms with Gasteiger partial charge >= 0.3 is 0 Å². The Morgan fingerprint density at radius 1 is 1.41 bits per heavy atom. The van der Waals surface area contributed by atoms with Crippen molar-refractivity contribution >= 4 is 29.0 Å². The van der Waals surface area contributed by atoms with Crippen LogP contribution in [0, 0.1) is 0 Å². The Bertz CT molecular complexity index is 737. The van der Waals surface area contributed by atoms with Crippen LogP contribution in [0.2, 0.25) is 0 Å². The molecule has 0 aromatic carbocycles. The first kappa shape index (κ1) is 14.7. The van der Waals surface area contributed by atoms with E-state index in [1.807, 2.05) is 17.5 Å². The summed E-state index contributed by atoms with van der Waals surface area (Å²) >= 11 is 2.77. The van der Waals surface area contributed by atoms with E-state index in [1.165, 1.54) is 27.8 Å². The first-order valence-corrected chi connectivity index (χ1v) is 8.27. The summed E-state index contributed by atoms with van der Waals surface area (Å²) in [5, 5.41) is 13.3. The van der Waals surface area contributed by atoms with Gasteiger partial charge < -0.3 is 15.6 Å². The molecular formula is C13H13N5O2S2. The van der Waals surface area contributed by atoms with Crippen LogP contribution in [-0.4, -0.2) is 26.5 Å². The molecular weight excluding hydrogens is 322 g/mol. The van der Waals surface area contributed by atoms with Gasteiger partial charge in [0.15, 0.2) is 5.82 Å². The van der Waals surface area contributed by atoms with Gasteiger partial charge in [0.05, 0.1) is 23.4 Å². The smallest absolute Gasteiger partial charge is 0.230 e. The summed E-state index contributed by atoms with van der Waals surface area (Å²) in [6.07, 6.45) is 1.57. The van der Waals surface area contributed by atoms with Crippen LogP contribution >= 0.6 is 23.1 Å². The van der Waals surface area contributed by atoms with Crippen LogP contribution in [-0.2, 0) is 11.3 Å². The number of nitrogens with zero attached hydrogens (tertiary/aromatic N) is 3. The molecule has 0 fully saturated rings. The van der Waals surface area contributed by atoms with Crippen LogP contribution < -0.4 is 11.2 Å². The molecule has 3 heterocycles. The van der Waals surface area contributed by atoms with Crippen molar-refractivity contribution in [1.29, 1.82) is 0 Å². The number of carbonyl (C=O) groups excluding carboxylic acids is 1. The highest BCUT2D eigenvalue weighted by atomic mass is 32.2. The largest absolute Gasteiger partial charge is 0.467 e. The summed E-state index contributed by atoms with van der Waals surface area (Å²) in [7, 11) is 0. The molecule has 0 spiro atoms. The van der Waals surface area contributed by atoms with Crippen molar-refractivity contribution in [2.24, 2.45) is 0 Å². The van der Waals surface area contributed by atoms with Crippen LogP contribution in [0.1, 0.15) is 5.76 Å². The maximum atomic E-state index is 11.8. The first-order chi connectivity index (χ1) is 10.7. The topological polar surface area (TPSA) is 99.0 Å². The van der Waals surface area contributed by atoms with E-state index in [0.29, 0.717) is 23.3 Å². The van der Waals surface area contributed by atoms with Gasteiger partial charge in [0, 0.05) is 0 Å². The van der Waals surface area contributed by atoms with Crippen LogP contribution in [0.5, 0.6) is 0 Å². The fourth-order valence-electron chi connectivity index (χ4n) is 1.73. The lowest BCUT2D eigenvalue weighted by Crippen LogP contribution is -2.24. The third kappa shape index (κ3) is 3.31. The fraction of sp³-hybridized carbons (Fsp3) is 0.154. The Kier molecular flexibility index (Phi) is 4.45. The van der Waals surface area contributed by atoms with Gasteiger partial charge in [-0.2, -0.15) is 0 Å². The molecule has 3 rings (SSSR count). The maximum Gasteiger partial charge on any atom is 0.230 e. The van der Waals surface area contributed by atoms with Crippen LogP contribution in [0.4, 0.5) is 0 Å². The second-order valence-corrected chi connectivity index (χ2v) is 6.19. The summed E-state index contributed by atoms with van der Waals surface area (Å²) in [6, 6.07) is 7.42. The number of nitrogens with one attached hydrogen (secondary N) is 1. The third-order valence-electron chi connectivity index (χ3n) is 2.78. The molecule has 3 aromatic heterocycles. The van der Waals surface area contributed by atoms with E-state index in [9.17, 15) is 4.79 Å². The summed E-state index contributed by atoms with van der Waals surface area (Å²) in [4.78, 5) is 12.7. The minimum atomic E-state index is -0.123. The molecule has 0 atom stereocenters. The van der Waals surface area contributed by atoms with E-state index in [0.717, 1.165) is 4.88 Å². The van der Waals surface area contributed by atoms with Gasteiger partial charge in [-0.15, -0.1) is 21.5 Å². The number of amides is 1. The average Bonchev–Trinajstić information content (AvgIpc) is 3.25. The molecule has 22 heavy (non-hydrogen) atoms. The maximum absolute atomic E-state index is 11.8. The highest BCUT2D eigenvalue weighted by Gasteiger charge is 2.14. The van der Waals surface area contributed by atoms with Crippen molar-refractivity contribution in [2.45, 2.75) is 11.7 Å². The molecule has 0 unspecified atom stereocenters. The van der Waals surface area contributed by atoms with Gasteiger partial charge in [0.2, 0.25) is 11.1 Å². The zero-order chi connectivity index (χ0) is 15.4. The van der Waals surface area contributed by atoms with E-state index in [-0.39, 0.29) is 11.7 Å². The molecule has 114 valence electrons. The molecule has 3 aromatic rings. The predicted molar refractivity (Wildman–Crippen MR) is 84.8 cm³/mol. The second kappa shape index (κ2) is 6.67. The van der Waals surface area contributed by atoms with Crippen LogP contribution in [0.3, 0.4) is 0 Å². The van der Waals surface area contributed by atoms with E-state index < -0.39 is 0 Å². The molecule has 1 amide bonds. The third-order valence-corrected chi connectivity index (χ3v) is 4.59. The number of aromatic nitrogens is 3. The van der Waals surface area contributed by atoms with Gasteiger partial charge in [0.1, 0.15) is 5.76 Å². The van der Waals surface area contributed by atoms with Crippen LogP contribution in [0.15, 0.2) is 45.5 Å². The summed E-state index contributed by atoms with van der Waals surface area (Å²) in [5.41, 5.74) is 0. The van der Waals surface area contributed by atoms with Crippen molar-refractivity contribution in [2.75, 3.05) is 11.6 Å². The van der Waals surface area contributed by atoms with Gasteiger partial charge in [-0.25, -0.2) is 4.68 Å². The predicted octanol–water partition coefficient (Wildman–Crippen LogP) is 1.72. The Morgan fingerprint density at radius 2 is 2.32 bits per heavy atom. The molecule has 0 aliphatic rings. The Morgan fingerprint density at radius 3 is 3.05 bits per heavy atom. The van der Waals surface area contributed by atoms with Gasteiger partial charge in [0.25, 0.3) is 0 Å². The van der Waals surface area contributed by atoms with Gasteiger partial charge in [-0.1, -0.05) is 17.8 Å². The lowest BCUT2D eigenvalue weighted by molar-refractivity contribution is -0.118. The molecule has 0 saturated carbocycles.